The molecule has 4 aliphatic rings. The number of fused-ring (bicyclic) bond motifs is 8. The zero-order valence-electron chi connectivity index (χ0n) is 50.2. The van der Waals surface area contributed by atoms with Gasteiger partial charge >= 0.3 is 0 Å². The second-order valence-electron chi connectivity index (χ2n) is 25.3. The second-order valence-corrected chi connectivity index (χ2v) is 25.3. The highest BCUT2D eigenvalue weighted by molar-refractivity contribution is 7.02. The molecule has 0 saturated carbocycles. The Morgan fingerprint density at radius 3 is 0.837 bits per heavy atom. The van der Waals surface area contributed by atoms with Crippen LogP contribution >= 0.6 is 0 Å². The minimum Gasteiger partial charge on any atom is -0.311 e. The summed E-state index contributed by atoms with van der Waals surface area (Å²) in [5, 5.41) is 7.91. The summed E-state index contributed by atoms with van der Waals surface area (Å²) in [6.07, 6.45) is 0. The Kier molecular flexibility index (Phi) is 11.1. The molecule has 0 atom stereocenters. The smallest absolute Gasteiger partial charge is 0.248 e. The van der Waals surface area contributed by atoms with Crippen molar-refractivity contribution >= 4 is 113 Å². The van der Waals surface area contributed by atoms with Crippen LogP contribution in [-0.4, -0.2) is 13.4 Å². The fourth-order valence-electron chi connectivity index (χ4n) is 16.7. The first kappa shape index (κ1) is 51.2. The van der Waals surface area contributed by atoms with Crippen molar-refractivity contribution < 1.29 is 0 Å². The Labute approximate surface area is 535 Å². The molecule has 0 radical (unpaired) electrons. The van der Waals surface area contributed by atoms with Gasteiger partial charge in [0, 0.05) is 34.1 Å². The lowest BCUT2D eigenvalue weighted by Crippen LogP contribution is -2.60. The number of nitrogens with zero attached hydrogens (tertiary/aromatic N) is 2. The first-order valence-corrected chi connectivity index (χ1v) is 32.2. The minimum absolute atomic E-state index is 0.105. The SMILES string of the molecule is c1ccc(-c2ccc3c(c2)N(c2ccccc2)c2cc(-c4ccccc4)cc4c2B3c2cc3c(-c5ccccc5)cc5c6c(cc7c(-c8ccccc8)cc-4c2c7c36)B2c3ccc(-c4ccccc4)cc3N(c3ccccc3)c3cc(-c4ccccc4)cc-5c32)cc1. The number of hydrogen-bond acceptors (Lipinski definition) is 2. The first-order chi connectivity index (χ1) is 45.7. The average Bonchev–Trinajstić information content (AvgIpc) is 0.667. The van der Waals surface area contributed by atoms with Crippen LogP contribution in [0.5, 0.6) is 0 Å². The van der Waals surface area contributed by atoms with Crippen molar-refractivity contribution in [2.45, 2.75) is 0 Å². The van der Waals surface area contributed by atoms with Gasteiger partial charge in [-0.25, -0.2) is 0 Å². The molecular formula is C88H54B2N2. The van der Waals surface area contributed by atoms with E-state index in [1.54, 1.807) is 0 Å². The number of anilines is 6. The van der Waals surface area contributed by atoms with Crippen LogP contribution in [-0.2, 0) is 0 Å². The minimum atomic E-state index is -0.105. The van der Waals surface area contributed by atoms with E-state index in [0.717, 1.165) is 11.4 Å². The molecule has 4 aliphatic heterocycles. The molecule has 16 aromatic rings. The molecule has 0 fully saturated rings. The van der Waals surface area contributed by atoms with E-state index in [1.165, 1.54) is 177 Å². The third kappa shape index (κ3) is 7.47. The van der Waals surface area contributed by atoms with Crippen molar-refractivity contribution in [1.29, 1.82) is 0 Å². The van der Waals surface area contributed by atoms with Crippen molar-refractivity contribution in [2.24, 2.45) is 0 Å². The topological polar surface area (TPSA) is 6.48 Å². The van der Waals surface area contributed by atoms with Crippen molar-refractivity contribution in [3.8, 4) is 89.0 Å². The Morgan fingerprint density at radius 2 is 0.489 bits per heavy atom. The normalized spacial score (nSPS) is 12.9. The molecule has 0 bridgehead atoms. The fourth-order valence-corrected chi connectivity index (χ4v) is 16.7. The van der Waals surface area contributed by atoms with Gasteiger partial charge in [0.05, 0.1) is 0 Å². The van der Waals surface area contributed by atoms with Crippen LogP contribution in [0.1, 0.15) is 0 Å². The van der Waals surface area contributed by atoms with Gasteiger partial charge in [-0.2, -0.15) is 0 Å². The highest BCUT2D eigenvalue weighted by atomic mass is 15.2. The molecule has 16 aromatic carbocycles. The molecule has 2 nitrogen and oxygen atoms in total. The molecule has 0 aliphatic carbocycles. The van der Waals surface area contributed by atoms with Crippen molar-refractivity contribution in [1.82, 2.24) is 0 Å². The van der Waals surface area contributed by atoms with Crippen LogP contribution < -0.4 is 42.6 Å². The summed E-state index contributed by atoms with van der Waals surface area (Å²) in [5.41, 5.74) is 34.6. The van der Waals surface area contributed by atoms with Crippen molar-refractivity contribution in [2.75, 3.05) is 9.80 Å². The van der Waals surface area contributed by atoms with Gasteiger partial charge in [-0.1, -0.05) is 266 Å². The molecule has 0 amide bonds. The van der Waals surface area contributed by atoms with Gasteiger partial charge in [0.1, 0.15) is 0 Å². The zero-order chi connectivity index (χ0) is 60.1. The fraction of sp³-hybridized carbons (Fsp3) is 0. The third-order valence-electron chi connectivity index (χ3n) is 20.5. The predicted molar refractivity (Wildman–Crippen MR) is 392 cm³/mol. The van der Waals surface area contributed by atoms with Crippen LogP contribution in [0, 0.1) is 0 Å². The average molecular weight is 1160 g/mol. The van der Waals surface area contributed by atoms with Gasteiger partial charge in [0.25, 0.3) is 0 Å². The van der Waals surface area contributed by atoms with E-state index in [-0.39, 0.29) is 13.4 Å². The summed E-state index contributed by atoms with van der Waals surface area (Å²) in [6, 6.07) is 124. The van der Waals surface area contributed by atoms with E-state index >= 15 is 0 Å². The Hall–Kier alpha value is -11.7. The first-order valence-electron chi connectivity index (χ1n) is 32.2. The molecule has 4 heterocycles. The van der Waals surface area contributed by atoms with Gasteiger partial charge in [0.15, 0.2) is 0 Å². The maximum absolute atomic E-state index is 2.67. The van der Waals surface area contributed by atoms with E-state index < -0.39 is 0 Å². The van der Waals surface area contributed by atoms with E-state index in [9.17, 15) is 0 Å². The van der Waals surface area contributed by atoms with Gasteiger partial charge in [-0.15, -0.1) is 0 Å². The van der Waals surface area contributed by atoms with Crippen LogP contribution in [0.3, 0.4) is 0 Å². The Bertz CT molecular complexity index is 5310. The van der Waals surface area contributed by atoms with Crippen LogP contribution in [0.2, 0.25) is 0 Å². The lowest BCUT2D eigenvalue weighted by molar-refractivity contribution is 1.29. The maximum Gasteiger partial charge on any atom is 0.248 e. The standard InChI is InChI=1S/C88H54B2N2/c1-9-25-55(26-10-1)61-41-43-75-79(47-61)91(65-37-21-7-22-38-65)81-49-63(57-29-13-3-14-30-57)45-73-69-51-68(60-35-19-6-20-36-60)72-54-78-84-70(52-67(59-33-17-5-18-34-59)71-53-77(89(75)87(73)81)83(69)85(72)86(71)84)74-46-64(58-31-15-4-16-32-58)50-82-88(74)90(78)76-44-42-62(56-27-11-2-12-28-56)48-80(76)92(82)66-39-23-8-24-40-66/h1-54H. The number of para-hydroxylation sites is 2. The summed E-state index contributed by atoms with van der Waals surface area (Å²) in [4.78, 5) is 5.14. The van der Waals surface area contributed by atoms with Crippen LogP contribution in [0.4, 0.5) is 34.1 Å². The van der Waals surface area contributed by atoms with Gasteiger partial charge in [-0.3, -0.25) is 0 Å². The number of rotatable bonds is 8. The molecule has 0 saturated heterocycles. The molecular weight excluding hydrogens is 1110 g/mol. The summed E-state index contributed by atoms with van der Waals surface area (Å²) in [7, 11) is 0. The molecule has 0 N–H and O–H groups in total. The van der Waals surface area contributed by atoms with Crippen LogP contribution in [0.15, 0.2) is 328 Å². The summed E-state index contributed by atoms with van der Waals surface area (Å²) >= 11 is 0. The van der Waals surface area contributed by atoms with Crippen molar-refractivity contribution in [3.05, 3.63) is 328 Å². The van der Waals surface area contributed by atoms with E-state index in [4.69, 9.17) is 0 Å². The molecule has 422 valence electrons. The van der Waals surface area contributed by atoms with E-state index in [0.29, 0.717) is 0 Å². The quantitative estimate of drug-likeness (QED) is 0.111. The van der Waals surface area contributed by atoms with Gasteiger partial charge in [0.2, 0.25) is 13.4 Å². The largest absolute Gasteiger partial charge is 0.311 e. The second kappa shape index (κ2) is 19.9. The maximum atomic E-state index is 2.67. The highest BCUT2D eigenvalue weighted by Gasteiger charge is 2.46. The molecule has 20 rings (SSSR count). The highest BCUT2D eigenvalue weighted by Crippen LogP contribution is 2.54. The van der Waals surface area contributed by atoms with Gasteiger partial charge in [-0.05, 0) is 216 Å². The number of hydrogen-bond donors (Lipinski definition) is 0. The Morgan fingerprint density at radius 1 is 0.185 bits per heavy atom. The van der Waals surface area contributed by atoms with E-state index in [1.807, 2.05) is 0 Å². The molecule has 0 unspecified atom stereocenters. The molecule has 4 heteroatoms. The van der Waals surface area contributed by atoms with E-state index in [2.05, 4.69) is 337 Å². The lowest BCUT2D eigenvalue weighted by atomic mass is 9.31. The summed E-state index contributed by atoms with van der Waals surface area (Å²) in [5.74, 6) is 0. The Balaban J connectivity index is 0.977. The molecule has 0 spiro atoms. The zero-order valence-corrected chi connectivity index (χ0v) is 50.2. The molecule has 92 heavy (non-hydrogen) atoms. The summed E-state index contributed by atoms with van der Waals surface area (Å²) < 4.78 is 0. The monoisotopic (exact) mass is 1160 g/mol. The molecule has 0 aromatic heterocycles. The lowest BCUT2D eigenvalue weighted by Gasteiger charge is -2.43. The van der Waals surface area contributed by atoms with Gasteiger partial charge < -0.3 is 9.80 Å². The summed E-state index contributed by atoms with van der Waals surface area (Å²) in [6.45, 7) is -0.210. The number of benzene rings is 16. The third-order valence-corrected chi connectivity index (χ3v) is 20.5. The van der Waals surface area contributed by atoms with Crippen LogP contribution in [0.25, 0.3) is 121 Å². The predicted octanol–water partition coefficient (Wildman–Crippen LogP) is 19.1. The van der Waals surface area contributed by atoms with Crippen molar-refractivity contribution in [3.63, 3.8) is 0 Å².